The van der Waals surface area contributed by atoms with Crippen molar-refractivity contribution in [3.8, 4) is 17.2 Å². The zero-order valence-electron chi connectivity index (χ0n) is 6.44. The van der Waals surface area contributed by atoms with Crippen molar-refractivity contribution in [2.75, 3.05) is 7.11 Å². The van der Waals surface area contributed by atoms with Gasteiger partial charge < -0.3 is 14.9 Å². The van der Waals surface area contributed by atoms with Crippen LogP contribution in [0.25, 0.3) is 0 Å². The number of carbonyl (C=O) groups is 1. The fraction of sp³-hybridized carbons (Fsp3) is 0.125. The number of hydrogen-bond acceptors (Lipinski definition) is 4. The molecule has 2 N–H and O–H groups in total. The van der Waals surface area contributed by atoms with Crippen LogP contribution in [0.3, 0.4) is 0 Å². The first kappa shape index (κ1) is 8.39. The third-order valence-electron chi connectivity index (χ3n) is 1.45. The molecule has 0 heterocycles. The predicted octanol–water partition coefficient (Wildman–Crippen LogP) is 0.919. The SMILES string of the molecule is COc1cc(O)c(O)cc1C=O. The largest absolute Gasteiger partial charge is 0.504 e. The van der Waals surface area contributed by atoms with E-state index in [9.17, 15) is 4.79 Å². The van der Waals surface area contributed by atoms with E-state index in [1.807, 2.05) is 0 Å². The molecule has 0 atom stereocenters. The molecule has 12 heavy (non-hydrogen) atoms. The van der Waals surface area contributed by atoms with Crippen LogP contribution < -0.4 is 4.74 Å². The molecule has 4 heteroatoms. The minimum absolute atomic E-state index is 0.202. The summed E-state index contributed by atoms with van der Waals surface area (Å²) in [5, 5.41) is 18.0. The highest BCUT2D eigenvalue weighted by molar-refractivity contribution is 5.81. The monoisotopic (exact) mass is 168 g/mol. The van der Waals surface area contributed by atoms with E-state index in [2.05, 4.69) is 0 Å². The lowest BCUT2D eigenvalue weighted by molar-refractivity contribution is 0.112. The Balaban J connectivity index is 3.28. The van der Waals surface area contributed by atoms with Gasteiger partial charge in [-0.3, -0.25) is 4.79 Å². The van der Waals surface area contributed by atoms with Crippen LogP contribution in [0.5, 0.6) is 17.2 Å². The Morgan fingerprint density at radius 1 is 1.33 bits per heavy atom. The van der Waals surface area contributed by atoms with Gasteiger partial charge in [0.15, 0.2) is 17.8 Å². The van der Waals surface area contributed by atoms with Crippen LogP contribution in [-0.2, 0) is 0 Å². The van der Waals surface area contributed by atoms with Crippen molar-refractivity contribution >= 4 is 6.29 Å². The molecular weight excluding hydrogens is 160 g/mol. The number of hydrogen-bond donors (Lipinski definition) is 2. The van der Waals surface area contributed by atoms with E-state index >= 15 is 0 Å². The van der Waals surface area contributed by atoms with Crippen molar-refractivity contribution in [1.29, 1.82) is 0 Å². The number of ether oxygens (including phenoxy) is 1. The van der Waals surface area contributed by atoms with Crippen LogP contribution in [0.2, 0.25) is 0 Å². The first-order valence-corrected chi connectivity index (χ1v) is 3.24. The topological polar surface area (TPSA) is 66.8 Å². The molecule has 0 saturated heterocycles. The van der Waals surface area contributed by atoms with Crippen LogP contribution in [0.4, 0.5) is 0 Å². The molecule has 0 aliphatic rings. The molecule has 0 aromatic heterocycles. The summed E-state index contributed by atoms with van der Waals surface area (Å²) in [4.78, 5) is 10.4. The molecule has 0 unspecified atom stereocenters. The normalized spacial score (nSPS) is 9.42. The van der Waals surface area contributed by atoms with Crippen LogP contribution in [0.15, 0.2) is 12.1 Å². The Labute approximate surface area is 69.0 Å². The van der Waals surface area contributed by atoms with Crippen molar-refractivity contribution in [1.82, 2.24) is 0 Å². The lowest BCUT2D eigenvalue weighted by Crippen LogP contribution is -1.89. The summed E-state index contributed by atoms with van der Waals surface area (Å²) in [5.74, 6) is -0.407. The molecular formula is C8H8O4. The standard InChI is InChI=1S/C8H8O4/c1-12-8-3-7(11)6(10)2-5(8)4-9/h2-4,10-11H,1H3. The molecule has 0 fully saturated rings. The van der Waals surface area contributed by atoms with Crippen molar-refractivity contribution < 1.29 is 19.7 Å². The highest BCUT2D eigenvalue weighted by atomic mass is 16.5. The number of aldehydes is 1. The van der Waals surface area contributed by atoms with E-state index in [1.165, 1.54) is 13.2 Å². The van der Waals surface area contributed by atoms with Crippen molar-refractivity contribution in [3.05, 3.63) is 17.7 Å². The van der Waals surface area contributed by atoms with Crippen LogP contribution in [0.1, 0.15) is 10.4 Å². The van der Waals surface area contributed by atoms with Crippen LogP contribution >= 0.6 is 0 Å². The Bertz CT molecular complexity index is 306. The molecule has 0 aliphatic heterocycles. The number of phenolic OH excluding ortho intramolecular Hbond substituents is 2. The average Bonchev–Trinajstić information content (AvgIpc) is 2.09. The van der Waals surface area contributed by atoms with Gasteiger partial charge in [-0.05, 0) is 6.07 Å². The van der Waals surface area contributed by atoms with Gasteiger partial charge in [-0.25, -0.2) is 0 Å². The molecule has 0 spiro atoms. The van der Waals surface area contributed by atoms with E-state index < -0.39 is 0 Å². The zero-order chi connectivity index (χ0) is 9.14. The second-order valence-corrected chi connectivity index (χ2v) is 2.20. The van der Waals surface area contributed by atoms with Crippen LogP contribution in [0, 0.1) is 0 Å². The quantitative estimate of drug-likeness (QED) is 0.509. The Morgan fingerprint density at radius 2 is 1.92 bits per heavy atom. The van der Waals surface area contributed by atoms with E-state index in [0.717, 1.165) is 6.07 Å². The fourth-order valence-electron chi connectivity index (χ4n) is 0.843. The summed E-state index contributed by atoms with van der Waals surface area (Å²) in [6.45, 7) is 0. The molecule has 0 amide bonds. The summed E-state index contributed by atoms with van der Waals surface area (Å²) in [5.41, 5.74) is 0.202. The lowest BCUT2D eigenvalue weighted by atomic mass is 10.2. The Morgan fingerprint density at radius 3 is 2.42 bits per heavy atom. The first-order valence-electron chi connectivity index (χ1n) is 3.24. The molecule has 4 nitrogen and oxygen atoms in total. The summed E-state index contributed by atoms with van der Waals surface area (Å²) in [7, 11) is 1.37. The van der Waals surface area contributed by atoms with Gasteiger partial charge in [0, 0.05) is 6.07 Å². The summed E-state index contributed by atoms with van der Waals surface area (Å²) in [6, 6.07) is 2.32. The summed E-state index contributed by atoms with van der Waals surface area (Å²) < 4.78 is 4.77. The second kappa shape index (κ2) is 3.13. The number of methoxy groups -OCH3 is 1. The molecule has 0 radical (unpaired) electrons. The van der Waals surface area contributed by atoms with Gasteiger partial charge in [0.2, 0.25) is 0 Å². The third-order valence-corrected chi connectivity index (χ3v) is 1.45. The van der Waals surface area contributed by atoms with Gasteiger partial charge in [-0.1, -0.05) is 0 Å². The van der Waals surface area contributed by atoms with E-state index in [0.29, 0.717) is 6.29 Å². The number of rotatable bonds is 2. The lowest BCUT2D eigenvalue weighted by Gasteiger charge is -2.04. The molecule has 1 aromatic rings. The smallest absolute Gasteiger partial charge is 0.161 e. The molecule has 1 aromatic carbocycles. The van der Waals surface area contributed by atoms with Gasteiger partial charge in [0.25, 0.3) is 0 Å². The van der Waals surface area contributed by atoms with Crippen molar-refractivity contribution in [3.63, 3.8) is 0 Å². The Kier molecular flexibility index (Phi) is 2.19. The van der Waals surface area contributed by atoms with Crippen molar-refractivity contribution in [2.45, 2.75) is 0 Å². The number of phenols is 2. The maximum Gasteiger partial charge on any atom is 0.161 e. The fourth-order valence-corrected chi connectivity index (χ4v) is 0.843. The number of carbonyl (C=O) groups excluding carboxylic acids is 1. The maximum atomic E-state index is 10.4. The zero-order valence-corrected chi connectivity index (χ0v) is 6.44. The van der Waals surface area contributed by atoms with E-state index in [1.54, 1.807) is 0 Å². The molecule has 1 rings (SSSR count). The van der Waals surface area contributed by atoms with E-state index in [-0.39, 0.29) is 22.8 Å². The number of benzene rings is 1. The average molecular weight is 168 g/mol. The first-order chi connectivity index (χ1) is 5.69. The molecule has 0 bridgehead atoms. The van der Waals surface area contributed by atoms with Gasteiger partial charge in [0.1, 0.15) is 5.75 Å². The minimum Gasteiger partial charge on any atom is -0.504 e. The van der Waals surface area contributed by atoms with Gasteiger partial charge in [-0.2, -0.15) is 0 Å². The van der Waals surface area contributed by atoms with Crippen LogP contribution in [-0.4, -0.2) is 23.6 Å². The maximum absolute atomic E-state index is 10.4. The summed E-state index contributed by atoms with van der Waals surface area (Å²) in [6.07, 6.45) is 0.540. The third kappa shape index (κ3) is 1.32. The van der Waals surface area contributed by atoms with Gasteiger partial charge >= 0.3 is 0 Å². The molecule has 0 saturated carbocycles. The minimum atomic E-state index is -0.335. The Hall–Kier alpha value is -1.71. The predicted molar refractivity (Wildman–Crippen MR) is 41.7 cm³/mol. The number of aromatic hydroxyl groups is 2. The molecule has 0 aliphatic carbocycles. The van der Waals surface area contributed by atoms with Gasteiger partial charge in [-0.15, -0.1) is 0 Å². The van der Waals surface area contributed by atoms with E-state index in [4.69, 9.17) is 14.9 Å². The highest BCUT2D eigenvalue weighted by Gasteiger charge is 2.07. The summed E-state index contributed by atoms with van der Waals surface area (Å²) >= 11 is 0. The highest BCUT2D eigenvalue weighted by Crippen LogP contribution is 2.31. The van der Waals surface area contributed by atoms with Crippen molar-refractivity contribution in [2.24, 2.45) is 0 Å². The molecule has 64 valence electrons. The van der Waals surface area contributed by atoms with Gasteiger partial charge in [0.05, 0.1) is 12.7 Å². The second-order valence-electron chi connectivity index (χ2n) is 2.20.